The van der Waals surface area contributed by atoms with Gasteiger partial charge in [0.05, 0.1) is 13.4 Å². The van der Waals surface area contributed by atoms with Gasteiger partial charge in [0.25, 0.3) is 0 Å². The van der Waals surface area contributed by atoms with Gasteiger partial charge in [-0.2, -0.15) is 0 Å². The van der Waals surface area contributed by atoms with Crippen molar-refractivity contribution in [2.75, 3.05) is 13.7 Å². The van der Waals surface area contributed by atoms with Crippen molar-refractivity contribution in [3.05, 3.63) is 53.7 Å². The standard InChI is InChI=1S/C16H20FNO2/c1-3-18-14(10-9-12-6-5-11-20-12)13-7-4-8-15(19-2)16(13)17/h4-8,11,14,18H,3,9-10H2,1-2H3. The molecule has 3 nitrogen and oxygen atoms in total. The highest BCUT2D eigenvalue weighted by atomic mass is 19.1. The molecule has 1 atom stereocenters. The number of rotatable bonds is 7. The van der Waals surface area contributed by atoms with Gasteiger partial charge in [0, 0.05) is 18.0 Å². The lowest BCUT2D eigenvalue weighted by atomic mass is 10.00. The molecular formula is C16H20FNO2. The van der Waals surface area contributed by atoms with E-state index in [-0.39, 0.29) is 17.6 Å². The Morgan fingerprint density at radius 1 is 1.30 bits per heavy atom. The van der Waals surface area contributed by atoms with Crippen LogP contribution in [0.3, 0.4) is 0 Å². The van der Waals surface area contributed by atoms with Gasteiger partial charge < -0.3 is 14.5 Å². The van der Waals surface area contributed by atoms with Crippen molar-refractivity contribution in [2.24, 2.45) is 0 Å². The highest BCUT2D eigenvalue weighted by Gasteiger charge is 2.18. The quantitative estimate of drug-likeness (QED) is 0.837. The summed E-state index contributed by atoms with van der Waals surface area (Å²) in [7, 11) is 1.48. The number of benzene rings is 1. The molecule has 1 heterocycles. The second kappa shape index (κ2) is 7.10. The van der Waals surface area contributed by atoms with E-state index in [1.807, 2.05) is 25.1 Å². The summed E-state index contributed by atoms with van der Waals surface area (Å²) in [5.74, 6) is 0.903. The summed E-state index contributed by atoms with van der Waals surface area (Å²) in [5, 5.41) is 3.32. The van der Waals surface area contributed by atoms with Crippen LogP contribution in [0.1, 0.15) is 30.7 Å². The maximum atomic E-state index is 14.3. The summed E-state index contributed by atoms with van der Waals surface area (Å²) >= 11 is 0. The number of hydrogen-bond donors (Lipinski definition) is 1. The number of nitrogens with one attached hydrogen (secondary N) is 1. The first-order valence-electron chi connectivity index (χ1n) is 6.84. The molecule has 1 aromatic carbocycles. The Balaban J connectivity index is 2.15. The molecule has 0 radical (unpaired) electrons. The third-order valence-corrected chi connectivity index (χ3v) is 3.30. The summed E-state index contributed by atoms with van der Waals surface area (Å²) in [5.41, 5.74) is 0.637. The second-order valence-corrected chi connectivity index (χ2v) is 4.59. The maximum absolute atomic E-state index is 14.3. The Hall–Kier alpha value is -1.81. The normalized spacial score (nSPS) is 12.3. The van der Waals surface area contributed by atoms with Crippen LogP contribution in [0.5, 0.6) is 5.75 Å². The molecular weight excluding hydrogens is 257 g/mol. The number of hydrogen-bond acceptors (Lipinski definition) is 3. The fraction of sp³-hybridized carbons (Fsp3) is 0.375. The summed E-state index contributed by atoms with van der Waals surface area (Å²) in [6.45, 7) is 2.79. The topological polar surface area (TPSA) is 34.4 Å². The molecule has 0 aliphatic rings. The molecule has 0 saturated carbocycles. The van der Waals surface area contributed by atoms with Crippen LogP contribution < -0.4 is 10.1 Å². The number of methoxy groups -OCH3 is 1. The minimum Gasteiger partial charge on any atom is -0.494 e. The van der Waals surface area contributed by atoms with Crippen LogP contribution in [0.4, 0.5) is 4.39 Å². The predicted octanol–water partition coefficient (Wildman–Crippen LogP) is 3.71. The smallest absolute Gasteiger partial charge is 0.169 e. The first kappa shape index (κ1) is 14.6. The van der Waals surface area contributed by atoms with Crippen LogP contribution in [0.25, 0.3) is 0 Å². The van der Waals surface area contributed by atoms with Gasteiger partial charge in [-0.25, -0.2) is 4.39 Å². The average molecular weight is 277 g/mol. The molecule has 1 unspecified atom stereocenters. The summed E-state index contributed by atoms with van der Waals surface area (Å²) in [6, 6.07) is 8.99. The van der Waals surface area contributed by atoms with E-state index >= 15 is 0 Å². The summed E-state index contributed by atoms with van der Waals surface area (Å²) in [6.07, 6.45) is 3.19. The number of halogens is 1. The Bertz CT molecular complexity index is 525. The van der Waals surface area contributed by atoms with Crippen LogP contribution >= 0.6 is 0 Å². The molecule has 20 heavy (non-hydrogen) atoms. The van der Waals surface area contributed by atoms with Crippen molar-refractivity contribution in [3.8, 4) is 5.75 Å². The molecule has 4 heteroatoms. The van der Waals surface area contributed by atoms with E-state index < -0.39 is 0 Å². The molecule has 0 bridgehead atoms. The van der Waals surface area contributed by atoms with Crippen LogP contribution in [-0.2, 0) is 6.42 Å². The van der Waals surface area contributed by atoms with Crippen LogP contribution in [0.2, 0.25) is 0 Å². The zero-order valence-electron chi connectivity index (χ0n) is 11.9. The monoisotopic (exact) mass is 277 g/mol. The molecule has 0 amide bonds. The molecule has 1 aromatic heterocycles. The maximum Gasteiger partial charge on any atom is 0.169 e. The van der Waals surface area contributed by atoms with Gasteiger partial charge in [0.15, 0.2) is 11.6 Å². The Labute approximate surface area is 118 Å². The van der Waals surface area contributed by atoms with E-state index in [0.717, 1.165) is 25.1 Å². The van der Waals surface area contributed by atoms with Crippen molar-refractivity contribution in [2.45, 2.75) is 25.8 Å². The van der Waals surface area contributed by atoms with Gasteiger partial charge in [0.2, 0.25) is 0 Å². The van der Waals surface area contributed by atoms with E-state index in [1.54, 1.807) is 18.4 Å². The van der Waals surface area contributed by atoms with Gasteiger partial charge in [-0.1, -0.05) is 19.1 Å². The Morgan fingerprint density at radius 2 is 2.15 bits per heavy atom. The molecule has 1 N–H and O–H groups in total. The Kier molecular flexibility index (Phi) is 5.18. The van der Waals surface area contributed by atoms with Crippen molar-refractivity contribution >= 4 is 0 Å². The minimum absolute atomic E-state index is 0.0554. The molecule has 0 aliphatic heterocycles. The molecule has 0 fully saturated rings. The zero-order chi connectivity index (χ0) is 14.4. The first-order chi connectivity index (χ1) is 9.76. The molecule has 108 valence electrons. The fourth-order valence-corrected chi connectivity index (χ4v) is 2.31. The molecule has 2 aromatic rings. The van der Waals surface area contributed by atoms with Gasteiger partial charge in [-0.3, -0.25) is 0 Å². The van der Waals surface area contributed by atoms with E-state index in [0.29, 0.717) is 5.56 Å². The van der Waals surface area contributed by atoms with Crippen molar-refractivity contribution in [1.29, 1.82) is 0 Å². The van der Waals surface area contributed by atoms with Crippen molar-refractivity contribution in [3.63, 3.8) is 0 Å². The van der Waals surface area contributed by atoms with Crippen LogP contribution in [-0.4, -0.2) is 13.7 Å². The highest BCUT2D eigenvalue weighted by molar-refractivity contribution is 5.33. The summed E-state index contributed by atoms with van der Waals surface area (Å²) < 4.78 is 24.7. The molecule has 0 spiro atoms. The average Bonchev–Trinajstić information content (AvgIpc) is 2.97. The van der Waals surface area contributed by atoms with Crippen molar-refractivity contribution < 1.29 is 13.5 Å². The van der Waals surface area contributed by atoms with E-state index in [2.05, 4.69) is 5.32 Å². The lowest BCUT2D eigenvalue weighted by Crippen LogP contribution is -2.22. The first-order valence-corrected chi connectivity index (χ1v) is 6.84. The lowest BCUT2D eigenvalue weighted by molar-refractivity contribution is 0.376. The number of ether oxygens (including phenoxy) is 1. The van der Waals surface area contributed by atoms with E-state index in [4.69, 9.17) is 9.15 Å². The van der Waals surface area contributed by atoms with Crippen LogP contribution in [0, 0.1) is 5.82 Å². The van der Waals surface area contributed by atoms with Gasteiger partial charge >= 0.3 is 0 Å². The number of furan rings is 1. The third-order valence-electron chi connectivity index (χ3n) is 3.30. The fourth-order valence-electron chi connectivity index (χ4n) is 2.31. The number of aryl methyl sites for hydroxylation is 1. The highest BCUT2D eigenvalue weighted by Crippen LogP contribution is 2.27. The minimum atomic E-state index is -0.291. The van der Waals surface area contributed by atoms with Gasteiger partial charge in [-0.05, 0) is 31.2 Å². The molecule has 0 saturated heterocycles. The second-order valence-electron chi connectivity index (χ2n) is 4.59. The van der Waals surface area contributed by atoms with Gasteiger partial charge in [0.1, 0.15) is 5.76 Å². The predicted molar refractivity (Wildman–Crippen MR) is 76.4 cm³/mol. The van der Waals surface area contributed by atoms with E-state index in [1.165, 1.54) is 7.11 Å². The Morgan fingerprint density at radius 3 is 2.80 bits per heavy atom. The third kappa shape index (κ3) is 3.39. The SMILES string of the molecule is CCNC(CCc1ccco1)c1cccc(OC)c1F. The van der Waals surface area contributed by atoms with Crippen LogP contribution in [0.15, 0.2) is 41.0 Å². The van der Waals surface area contributed by atoms with Gasteiger partial charge in [-0.15, -0.1) is 0 Å². The zero-order valence-corrected chi connectivity index (χ0v) is 11.9. The molecule has 2 rings (SSSR count). The van der Waals surface area contributed by atoms with E-state index in [9.17, 15) is 4.39 Å². The molecule has 0 aliphatic carbocycles. The van der Waals surface area contributed by atoms with Crippen molar-refractivity contribution in [1.82, 2.24) is 5.32 Å². The summed E-state index contributed by atoms with van der Waals surface area (Å²) in [4.78, 5) is 0. The lowest BCUT2D eigenvalue weighted by Gasteiger charge is -2.19. The largest absolute Gasteiger partial charge is 0.494 e.